The summed E-state index contributed by atoms with van der Waals surface area (Å²) < 4.78 is 0. The van der Waals surface area contributed by atoms with Crippen molar-refractivity contribution in [2.75, 3.05) is 18.2 Å². The fourth-order valence-electron chi connectivity index (χ4n) is 1.91. The minimum absolute atomic E-state index is 0. The summed E-state index contributed by atoms with van der Waals surface area (Å²) in [6.07, 6.45) is 7.44. The van der Waals surface area contributed by atoms with Crippen LogP contribution < -0.4 is 11.1 Å². The molecule has 0 saturated carbocycles. The van der Waals surface area contributed by atoms with E-state index in [9.17, 15) is 9.59 Å². The lowest BCUT2D eigenvalue weighted by molar-refractivity contribution is 0.111. The van der Waals surface area contributed by atoms with Crippen LogP contribution in [0.1, 0.15) is 44.3 Å². The van der Waals surface area contributed by atoms with Crippen LogP contribution in [0.3, 0.4) is 0 Å². The Morgan fingerprint density at radius 3 is 1.87 bits per heavy atom. The maximum Gasteiger partial charge on any atom is 0.189 e. The van der Waals surface area contributed by atoms with Gasteiger partial charge in [0.05, 0.1) is 12.4 Å². The molecule has 0 aliphatic carbocycles. The number of thiazole rings is 2. The maximum absolute atomic E-state index is 10.5. The number of aldehydes is 2. The zero-order chi connectivity index (χ0) is 28.1. The Balaban J connectivity index is 0. The van der Waals surface area contributed by atoms with Crippen molar-refractivity contribution in [3.63, 3.8) is 0 Å². The summed E-state index contributed by atoms with van der Waals surface area (Å²) in [6.45, 7) is 4.00. The molecule has 11 nitrogen and oxygen atoms in total. The number of nitrogen functional groups attached to an aromatic ring is 1. The number of nitrogens with one attached hydrogen (secondary N) is 1. The normalized spacial score (nSPS) is 8.18. The molecule has 38 heavy (non-hydrogen) atoms. The van der Waals surface area contributed by atoms with Gasteiger partial charge in [0.2, 0.25) is 0 Å². The molecule has 4 aromatic heterocycles. The first-order valence-corrected chi connectivity index (χ1v) is 12.2. The Labute approximate surface area is 250 Å². The van der Waals surface area contributed by atoms with Crippen LogP contribution in [0.5, 0.6) is 0 Å². The number of rotatable bonds is 4. The fraction of sp³-hybridized carbons (Fsp3) is 0.130. The first-order valence-electron chi connectivity index (χ1n) is 10.1. The Kier molecular flexibility index (Phi) is 21.8. The number of hydrogen-bond donors (Lipinski definition) is 3. The van der Waals surface area contributed by atoms with Crippen molar-refractivity contribution in [1.29, 1.82) is 10.5 Å². The molecule has 0 amide bonds. The summed E-state index contributed by atoms with van der Waals surface area (Å²) in [6, 6.07) is 10.2. The van der Waals surface area contributed by atoms with Crippen molar-refractivity contribution in [3.8, 4) is 12.1 Å². The van der Waals surface area contributed by atoms with E-state index in [1.165, 1.54) is 53.5 Å². The molecule has 0 aliphatic heterocycles. The number of carbonyl (C=O) groups is 2. The zero-order valence-corrected chi connectivity index (χ0v) is 25.1. The quantitative estimate of drug-likeness (QED) is 0.142. The van der Waals surface area contributed by atoms with Crippen LogP contribution in [0.2, 0.25) is 5.15 Å². The third-order valence-corrected chi connectivity index (χ3v) is 5.05. The number of anilines is 3. The van der Waals surface area contributed by atoms with Crippen molar-refractivity contribution in [2.24, 2.45) is 0 Å². The van der Waals surface area contributed by atoms with E-state index >= 15 is 0 Å². The molecular weight excluding hydrogens is 663 g/mol. The summed E-state index contributed by atoms with van der Waals surface area (Å²) in [7, 11) is 1.00. The highest BCUT2D eigenvalue weighted by Crippen LogP contribution is 2.20. The highest BCUT2D eigenvalue weighted by Gasteiger charge is 2.02. The van der Waals surface area contributed by atoms with E-state index < -0.39 is 0 Å². The van der Waals surface area contributed by atoms with Gasteiger partial charge in [0.15, 0.2) is 10.3 Å². The van der Waals surface area contributed by atoms with Crippen molar-refractivity contribution < 1.29 is 14.7 Å². The van der Waals surface area contributed by atoms with E-state index in [0.717, 1.165) is 19.7 Å². The third kappa shape index (κ3) is 14.9. The van der Waals surface area contributed by atoms with Gasteiger partial charge in [-0.2, -0.15) is 10.5 Å². The molecule has 0 spiro atoms. The molecular formula is C23H24ClIN8O3S2. The molecule has 4 rings (SSSR count). The second-order valence-electron chi connectivity index (χ2n) is 5.56. The monoisotopic (exact) mass is 686 g/mol. The van der Waals surface area contributed by atoms with Crippen molar-refractivity contribution in [2.45, 2.75) is 13.8 Å². The highest BCUT2D eigenvalue weighted by molar-refractivity contribution is 14.0. The highest BCUT2D eigenvalue weighted by atomic mass is 127. The number of pyridine rings is 2. The van der Waals surface area contributed by atoms with Gasteiger partial charge < -0.3 is 16.2 Å². The van der Waals surface area contributed by atoms with E-state index in [2.05, 4.69) is 25.3 Å². The van der Waals surface area contributed by atoms with Gasteiger partial charge in [-0.25, -0.2) is 19.9 Å². The lowest BCUT2D eigenvalue weighted by Gasteiger charge is -2.00. The van der Waals surface area contributed by atoms with Gasteiger partial charge >= 0.3 is 0 Å². The van der Waals surface area contributed by atoms with Gasteiger partial charge in [0.25, 0.3) is 0 Å². The molecule has 4 N–H and O–H groups in total. The van der Waals surface area contributed by atoms with E-state index in [1.54, 1.807) is 18.2 Å². The first-order chi connectivity index (χ1) is 18.0. The maximum atomic E-state index is 10.5. The van der Waals surface area contributed by atoms with Gasteiger partial charge in [-0.15, -0.1) is 24.0 Å². The topological polar surface area (TPSA) is 192 Å². The predicted molar refractivity (Wildman–Crippen MR) is 161 cm³/mol. The molecule has 200 valence electrons. The Hall–Kier alpha value is -3.54. The number of carbonyl (C=O) groups excluding carboxylic acids is 2. The minimum Gasteiger partial charge on any atom is -0.400 e. The van der Waals surface area contributed by atoms with Crippen LogP contribution in [0, 0.1) is 22.7 Å². The van der Waals surface area contributed by atoms with Crippen LogP contribution in [0.4, 0.5) is 16.1 Å². The molecule has 15 heteroatoms. The average Bonchev–Trinajstić information content (AvgIpc) is 3.60. The molecule has 0 bridgehead atoms. The Morgan fingerprint density at radius 1 is 0.921 bits per heavy atom. The van der Waals surface area contributed by atoms with Gasteiger partial charge in [0, 0.05) is 30.6 Å². The number of nitrogens with two attached hydrogens (primary N) is 1. The summed E-state index contributed by atoms with van der Waals surface area (Å²) in [5.41, 5.74) is 6.30. The second-order valence-corrected chi connectivity index (χ2v) is 8.04. The molecule has 0 saturated heterocycles. The largest absolute Gasteiger partial charge is 0.400 e. The molecule has 0 aliphatic rings. The van der Waals surface area contributed by atoms with E-state index in [1.807, 2.05) is 26.0 Å². The Morgan fingerprint density at radius 2 is 1.45 bits per heavy atom. The van der Waals surface area contributed by atoms with Gasteiger partial charge in [-0.1, -0.05) is 48.1 Å². The van der Waals surface area contributed by atoms with Crippen LogP contribution in [0.25, 0.3) is 0 Å². The van der Waals surface area contributed by atoms with Gasteiger partial charge in [0.1, 0.15) is 45.4 Å². The van der Waals surface area contributed by atoms with E-state index in [-0.39, 0.29) is 24.0 Å². The summed E-state index contributed by atoms with van der Waals surface area (Å²) >= 11 is 7.88. The smallest absolute Gasteiger partial charge is 0.189 e. The number of halogens is 2. The number of aliphatic hydroxyl groups excluding tert-OH is 1. The number of aliphatic hydroxyl groups is 1. The standard InChI is InChI=1S/C10H6N4OS.C6H4ClNO.C4H3N3S.C2H6.CH4O.HI/c11-4-8-5-13-10(16-8)14-9-3-7(6-15)1-2-12-9;7-6-3-5(4-9)1-2-8-6;5-1-3-2-7-4(6)8-3;2*1-2;/h1-3,5-6H,(H,12,13,14);1-4H;2H,(H2,6,7);1-2H3;2H,1H3;1H. The zero-order valence-electron chi connectivity index (χ0n) is 20.4. The van der Waals surface area contributed by atoms with Crippen molar-refractivity contribution in [1.82, 2.24) is 19.9 Å². The molecule has 0 radical (unpaired) electrons. The average molecular weight is 687 g/mol. The number of hydrogen-bond acceptors (Lipinski definition) is 13. The van der Waals surface area contributed by atoms with E-state index in [0.29, 0.717) is 42.1 Å². The number of nitriles is 2. The number of aromatic nitrogens is 4. The fourth-order valence-corrected chi connectivity index (χ4v) is 3.20. The molecule has 0 fully saturated rings. The van der Waals surface area contributed by atoms with Gasteiger partial charge in [-0.05, 0) is 24.3 Å². The van der Waals surface area contributed by atoms with Crippen LogP contribution in [-0.2, 0) is 0 Å². The SMILES string of the molecule is CC.CO.I.N#Cc1cnc(N)s1.N#Cc1cnc(Nc2cc(C=O)ccn2)s1.O=Cc1ccnc(Cl)c1. The summed E-state index contributed by atoms with van der Waals surface area (Å²) in [5, 5.41) is 28.1. The van der Waals surface area contributed by atoms with Gasteiger partial charge in [-0.3, -0.25) is 9.59 Å². The lowest BCUT2D eigenvalue weighted by atomic mass is 10.3. The van der Waals surface area contributed by atoms with Crippen molar-refractivity contribution in [3.05, 3.63) is 75.1 Å². The molecule has 0 unspecified atom stereocenters. The molecule has 4 heterocycles. The van der Waals surface area contributed by atoms with Crippen LogP contribution in [0.15, 0.2) is 49.1 Å². The van der Waals surface area contributed by atoms with E-state index in [4.69, 9.17) is 33.0 Å². The summed E-state index contributed by atoms with van der Waals surface area (Å²) in [5.74, 6) is 0.531. The second kappa shape index (κ2) is 22.6. The van der Waals surface area contributed by atoms with Crippen LogP contribution >= 0.6 is 58.3 Å². The Bertz CT molecular complexity index is 1320. The predicted octanol–water partition coefficient (Wildman–Crippen LogP) is 5.36. The first kappa shape index (κ1) is 36.6. The third-order valence-electron chi connectivity index (χ3n) is 3.29. The van der Waals surface area contributed by atoms with Crippen molar-refractivity contribution >= 4 is 86.9 Å². The summed E-state index contributed by atoms with van der Waals surface area (Å²) in [4.78, 5) is 37.1. The lowest BCUT2D eigenvalue weighted by Crippen LogP contribution is -1.93. The minimum atomic E-state index is 0. The van der Waals surface area contributed by atoms with Crippen LogP contribution in [-0.4, -0.2) is 44.7 Å². The molecule has 4 aromatic rings. The molecule has 0 atom stereocenters. The number of nitrogens with zero attached hydrogens (tertiary/aromatic N) is 6. The molecule has 0 aromatic carbocycles.